The Morgan fingerprint density at radius 2 is 1.70 bits per heavy atom. The van der Waals surface area contributed by atoms with Crippen molar-refractivity contribution in [3.8, 4) is 0 Å². The molecule has 0 spiro atoms. The number of aryl methyl sites for hydroxylation is 1. The van der Waals surface area contributed by atoms with Crippen molar-refractivity contribution in [1.82, 2.24) is 15.0 Å². The number of nitrogens with one attached hydrogen (secondary N) is 1. The second-order valence-electron chi connectivity index (χ2n) is 9.29. The van der Waals surface area contributed by atoms with E-state index in [4.69, 9.17) is 9.47 Å². The molecule has 0 fully saturated rings. The lowest BCUT2D eigenvalue weighted by atomic mass is 10.1. The standard InChI is InChI=1S/C22H33N3O5/c1-21(2,3)29-19(27)23-25(20(28)30-22(4,5)6)16(14-26)12-15-13-24(7)18-11-9-8-10-17(15)18/h8-11,13,16,26H,12,14H2,1-7H3,(H,23,27)/t16-/m0/s1. The van der Waals surface area contributed by atoms with Crippen molar-refractivity contribution in [1.29, 1.82) is 0 Å². The van der Waals surface area contributed by atoms with E-state index in [9.17, 15) is 14.7 Å². The highest BCUT2D eigenvalue weighted by atomic mass is 16.6. The fraction of sp³-hybridized carbons (Fsp3) is 0.545. The monoisotopic (exact) mass is 419 g/mol. The van der Waals surface area contributed by atoms with Gasteiger partial charge < -0.3 is 19.1 Å². The van der Waals surface area contributed by atoms with Crippen LogP contribution in [-0.2, 0) is 22.9 Å². The van der Waals surface area contributed by atoms with Gasteiger partial charge in [-0.1, -0.05) is 18.2 Å². The average molecular weight is 420 g/mol. The van der Waals surface area contributed by atoms with Crippen LogP contribution in [0.4, 0.5) is 9.59 Å². The maximum absolute atomic E-state index is 12.8. The molecule has 1 aromatic carbocycles. The number of aromatic nitrogens is 1. The molecule has 30 heavy (non-hydrogen) atoms. The maximum atomic E-state index is 12.8. The number of hydrogen-bond acceptors (Lipinski definition) is 5. The zero-order chi connectivity index (χ0) is 22.7. The van der Waals surface area contributed by atoms with Crippen molar-refractivity contribution in [3.05, 3.63) is 36.0 Å². The third kappa shape index (κ3) is 6.38. The first-order chi connectivity index (χ1) is 13.8. The first kappa shape index (κ1) is 23.5. The van der Waals surface area contributed by atoms with Gasteiger partial charge in [0, 0.05) is 24.1 Å². The summed E-state index contributed by atoms with van der Waals surface area (Å²) in [5.74, 6) is 0. The molecular formula is C22H33N3O5. The molecule has 0 bridgehead atoms. The smallest absolute Gasteiger partial charge is 0.429 e. The number of ether oxygens (including phenoxy) is 2. The van der Waals surface area contributed by atoms with Crippen LogP contribution in [0.5, 0.6) is 0 Å². The molecule has 0 saturated heterocycles. The summed E-state index contributed by atoms with van der Waals surface area (Å²) in [4.78, 5) is 25.2. The number of benzene rings is 1. The van der Waals surface area contributed by atoms with Crippen molar-refractivity contribution < 1.29 is 24.2 Å². The molecule has 0 aliphatic rings. The molecule has 1 atom stereocenters. The lowest BCUT2D eigenvalue weighted by molar-refractivity contribution is -0.0163. The third-order valence-electron chi connectivity index (χ3n) is 4.21. The number of rotatable bonds is 4. The number of carbonyl (C=O) groups is 2. The number of aliphatic hydroxyl groups excluding tert-OH is 1. The lowest BCUT2D eigenvalue weighted by Crippen LogP contribution is -2.56. The van der Waals surface area contributed by atoms with Gasteiger partial charge in [0.25, 0.3) is 0 Å². The van der Waals surface area contributed by atoms with Gasteiger partial charge in [0.15, 0.2) is 0 Å². The molecule has 0 unspecified atom stereocenters. The van der Waals surface area contributed by atoms with Crippen molar-refractivity contribution in [2.75, 3.05) is 6.61 Å². The van der Waals surface area contributed by atoms with Gasteiger partial charge >= 0.3 is 12.2 Å². The summed E-state index contributed by atoms with van der Waals surface area (Å²) in [5, 5.41) is 12.1. The molecule has 2 aromatic rings. The Labute approximate surface area is 177 Å². The van der Waals surface area contributed by atoms with Crippen LogP contribution >= 0.6 is 0 Å². The van der Waals surface area contributed by atoms with Gasteiger partial charge in [-0.2, -0.15) is 0 Å². The van der Waals surface area contributed by atoms with Crippen LogP contribution in [-0.4, -0.2) is 50.7 Å². The molecule has 0 aliphatic carbocycles. The summed E-state index contributed by atoms with van der Waals surface area (Å²) >= 11 is 0. The number of para-hydroxylation sites is 1. The van der Waals surface area contributed by atoms with Gasteiger partial charge in [-0.25, -0.2) is 20.0 Å². The summed E-state index contributed by atoms with van der Waals surface area (Å²) in [6, 6.07) is 7.12. The number of carbonyl (C=O) groups excluding carboxylic acids is 2. The molecule has 0 radical (unpaired) electrons. The SMILES string of the molecule is Cn1cc(C[C@@H](CO)N(NC(=O)OC(C)(C)C)C(=O)OC(C)(C)C)c2ccccc21. The molecule has 1 aromatic heterocycles. The van der Waals surface area contributed by atoms with Gasteiger partial charge in [0.1, 0.15) is 11.2 Å². The molecule has 8 nitrogen and oxygen atoms in total. The van der Waals surface area contributed by atoms with E-state index in [1.165, 1.54) is 0 Å². The molecular weight excluding hydrogens is 386 g/mol. The van der Waals surface area contributed by atoms with Gasteiger partial charge in [-0.05, 0) is 59.6 Å². The number of nitrogens with zero attached hydrogens (tertiary/aromatic N) is 2. The lowest BCUT2D eigenvalue weighted by Gasteiger charge is -2.33. The zero-order valence-electron chi connectivity index (χ0n) is 18.9. The normalized spacial score (nSPS) is 13.1. The Morgan fingerprint density at radius 3 is 2.27 bits per heavy atom. The summed E-state index contributed by atoms with van der Waals surface area (Å²) in [5.41, 5.74) is 2.91. The highest BCUT2D eigenvalue weighted by molar-refractivity contribution is 5.84. The largest absolute Gasteiger partial charge is 0.443 e. The topological polar surface area (TPSA) is 93.0 Å². The average Bonchev–Trinajstić information content (AvgIpc) is 2.91. The minimum Gasteiger partial charge on any atom is -0.443 e. The number of hydrazine groups is 1. The Hall–Kier alpha value is -2.74. The van der Waals surface area contributed by atoms with E-state index in [1.807, 2.05) is 42.1 Å². The summed E-state index contributed by atoms with van der Waals surface area (Å²) in [6.45, 7) is 10.00. The molecule has 2 rings (SSSR count). The quantitative estimate of drug-likeness (QED) is 0.736. The Bertz CT molecular complexity index is 892. The van der Waals surface area contributed by atoms with Crippen LogP contribution in [0.2, 0.25) is 0 Å². The minimum atomic E-state index is -0.801. The third-order valence-corrected chi connectivity index (χ3v) is 4.21. The van der Waals surface area contributed by atoms with Crippen LogP contribution in [0.3, 0.4) is 0 Å². The summed E-state index contributed by atoms with van der Waals surface area (Å²) in [6.07, 6.45) is 0.693. The van der Waals surface area contributed by atoms with Crippen molar-refractivity contribution >= 4 is 23.1 Å². The first-order valence-electron chi connectivity index (χ1n) is 9.96. The van der Waals surface area contributed by atoms with E-state index in [2.05, 4.69) is 5.43 Å². The fourth-order valence-electron chi connectivity index (χ4n) is 3.08. The van der Waals surface area contributed by atoms with Crippen molar-refractivity contribution in [2.45, 2.75) is 65.2 Å². The fourth-order valence-corrected chi connectivity index (χ4v) is 3.08. The number of fused-ring (bicyclic) bond motifs is 1. The van der Waals surface area contributed by atoms with Crippen LogP contribution in [0.15, 0.2) is 30.5 Å². The van der Waals surface area contributed by atoms with E-state index in [1.54, 1.807) is 41.5 Å². The van der Waals surface area contributed by atoms with Gasteiger partial charge in [0.2, 0.25) is 0 Å². The molecule has 0 aliphatic heterocycles. The van der Waals surface area contributed by atoms with E-state index >= 15 is 0 Å². The highest BCUT2D eigenvalue weighted by Gasteiger charge is 2.32. The van der Waals surface area contributed by atoms with E-state index < -0.39 is 29.4 Å². The van der Waals surface area contributed by atoms with Crippen molar-refractivity contribution in [3.63, 3.8) is 0 Å². The Kier molecular flexibility index (Phi) is 7.02. The van der Waals surface area contributed by atoms with Gasteiger partial charge in [0.05, 0.1) is 12.6 Å². The maximum Gasteiger partial charge on any atom is 0.429 e. The molecule has 0 saturated carbocycles. The molecule has 2 N–H and O–H groups in total. The van der Waals surface area contributed by atoms with Gasteiger partial charge in [-0.15, -0.1) is 0 Å². The molecule has 2 amide bonds. The van der Waals surface area contributed by atoms with Crippen molar-refractivity contribution in [2.24, 2.45) is 7.05 Å². The Morgan fingerprint density at radius 1 is 1.10 bits per heavy atom. The number of amides is 2. The first-order valence-corrected chi connectivity index (χ1v) is 9.96. The van der Waals surface area contributed by atoms with Crippen LogP contribution < -0.4 is 5.43 Å². The Balaban J connectivity index is 2.32. The molecule has 8 heteroatoms. The predicted octanol–water partition coefficient (Wildman–Crippen LogP) is 3.76. The highest BCUT2D eigenvalue weighted by Crippen LogP contribution is 2.23. The predicted molar refractivity (Wildman–Crippen MR) is 115 cm³/mol. The number of hydrogen-bond donors (Lipinski definition) is 2. The second-order valence-corrected chi connectivity index (χ2v) is 9.29. The van der Waals surface area contributed by atoms with E-state index in [0.717, 1.165) is 21.5 Å². The van der Waals surface area contributed by atoms with Crippen LogP contribution in [0.25, 0.3) is 10.9 Å². The summed E-state index contributed by atoms with van der Waals surface area (Å²) in [7, 11) is 1.93. The second kappa shape index (κ2) is 8.95. The molecule has 1 heterocycles. The zero-order valence-corrected chi connectivity index (χ0v) is 18.9. The van der Waals surface area contributed by atoms with E-state index in [-0.39, 0.29) is 6.61 Å². The summed E-state index contributed by atoms with van der Waals surface area (Å²) < 4.78 is 12.7. The number of aliphatic hydroxyl groups is 1. The van der Waals surface area contributed by atoms with Crippen LogP contribution in [0.1, 0.15) is 47.1 Å². The minimum absolute atomic E-state index is 0.312. The van der Waals surface area contributed by atoms with E-state index in [0.29, 0.717) is 6.42 Å². The molecule has 166 valence electrons. The van der Waals surface area contributed by atoms with Crippen LogP contribution in [0, 0.1) is 0 Å². The van der Waals surface area contributed by atoms with Gasteiger partial charge in [-0.3, -0.25) is 0 Å².